The van der Waals surface area contributed by atoms with Crippen molar-refractivity contribution in [2.75, 3.05) is 12.3 Å². The smallest absolute Gasteiger partial charge is 0.211 e. The first-order valence-electron chi connectivity index (χ1n) is 11.7. The van der Waals surface area contributed by atoms with E-state index in [1.54, 1.807) is 0 Å². The van der Waals surface area contributed by atoms with Crippen LogP contribution in [0.15, 0.2) is 66.9 Å². The Balaban J connectivity index is 1.74. The third-order valence-corrected chi connectivity index (χ3v) is 7.52. The maximum absolute atomic E-state index is 12.1. The second kappa shape index (κ2) is 9.32. The van der Waals surface area contributed by atoms with Gasteiger partial charge in [-0.25, -0.2) is 13.1 Å². The number of rotatable bonds is 8. The van der Waals surface area contributed by atoms with Gasteiger partial charge >= 0.3 is 0 Å². The van der Waals surface area contributed by atoms with Gasteiger partial charge in [0, 0.05) is 30.2 Å². The van der Waals surface area contributed by atoms with Crippen molar-refractivity contribution in [2.45, 2.75) is 47.1 Å². The van der Waals surface area contributed by atoms with E-state index in [-0.39, 0.29) is 11.2 Å². The zero-order valence-corrected chi connectivity index (χ0v) is 20.9. The molecule has 0 aliphatic rings. The van der Waals surface area contributed by atoms with Gasteiger partial charge in [0.1, 0.15) is 0 Å². The molecule has 0 fully saturated rings. The first-order valence-corrected chi connectivity index (χ1v) is 13.4. The van der Waals surface area contributed by atoms with Crippen molar-refractivity contribution in [3.05, 3.63) is 72.4 Å². The molecule has 0 saturated carbocycles. The van der Waals surface area contributed by atoms with Crippen LogP contribution in [0.3, 0.4) is 0 Å². The standard InChI is InChI=1S/C28H34N2O2S/c1-5-17-33(31,32)29-15-16-30-20-23(19-28(2,3)4)26-18-22(13-14-27(26)30)25-12-8-10-21-9-6-7-11-24(21)25/h6-14,18,20,29H,5,15-17,19H2,1-4H3. The fourth-order valence-corrected chi connectivity index (χ4v) is 5.66. The summed E-state index contributed by atoms with van der Waals surface area (Å²) in [6.45, 7) is 9.64. The van der Waals surface area contributed by atoms with Crippen LogP contribution in [0.4, 0.5) is 0 Å². The molecule has 4 aromatic rings. The summed E-state index contributed by atoms with van der Waals surface area (Å²) in [7, 11) is -3.20. The van der Waals surface area contributed by atoms with Crippen LogP contribution in [0.2, 0.25) is 0 Å². The molecule has 5 heteroatoms. The van der Waals surface area contributed by atoms with Crippen LogP contribution in [0.25, 0.3) is 32.8 Å². The number of fused-ring (bicyclic) bond motifs is 2. The van der Waals surface area contributed by atoms with Crippen molar-refractivity contribution in [1.82, 2.24) is 9.29 Å². The number of sulfonamides is 1. The minimum atomic E-state index is -3.20. The van der Waals surface area contributed by atoms with Crippen molar-refractivity contribution >= 4 is 31.7 Å². The van der Waals surface area contributed by atoms with Gasteiger partial charge in [0.2, 0.25) is 10.0 Å². The molecule has 0 atom stereocenters. The molecular weight excluding hydrogens is 428 g/mol. The first-order chi connectivity index (χ1) is 15.7. The lowest BCUT2D eigenvalue weighted by atomic mass is 9.87. The number of hydrogen-bond acceptors (Lipinski definition) is 2. The highest BCUT2D eigenvalue weighted by molar-refractivity contribution is 7.89. The Labute approximate surface area is 197 Å². The van der Waals surface area contributed by atoms with E-state index in [1.165, 1.54) is 32.8 Å². The summed E-state index contributed by atoms with van der Waals surface area (Å²) in [6.07, 6.45) is 3.78. The number of nitrogens with zero attached hydrogens (tertiary/aromatic N) is 1. The predicted molar refractivity (Wildman–Crippen MR) is 140 cm³/mol. The summed E-state index contributed by atoms with van der Waals surface area (Å²) in [4.78, 5) is 0. The molecule has 1 aromatic heterocycles. The zero-order valence-electron chi connectivity index (χ0n) is 20.1. The molecule has 3 aromatic carbocycles. The number of benzene rings is 3. The van der Waals surface area contributed by atoms with Gasteiger partial charge < -0.3 is 4.57 Å². The second-order valence-electron chi connectivity index (χ2n) is 10.1. The van der Waals surface area contributed by atoms with Gasteiger partial charge in [-0.05, 0) is 57.9 Å². The van der Waals surface area contributed by atoms with Crippen LogP contribution in [0.5, 0.6) is 0 Å². The molecule has 0 amide bonds. The van der Waals surface area contributed by atoms with Gasteiger partial charge in [0.25, 0.3) is 0 Å². The Morgan fingerprint density at radius 1 is 0.939 bits per heavy atom. The van der Waals surface area contributed by atoms with E-state index in [0.29, 0.717) is 19.5 Å². The molecule has 0 spiro atoms. The highest BCUT2D eigenvalue weighted by Crippen LogP contribution is 2.34. The lowest BCUT2D eigenvalue weighted by molar-refractivity contribution is 0.412. The van der Waals surface area contributed by atoms with E-state index in [1.807, 2.05) is 6.92 Å². The largest absolute Gasteiger partial charge is 0.346 e. The summed E-state index contributed by atoms with van der Waals surface area (Å²) >= 11 is 0. The van der Waals surface area contributed by atoms with Crippen LogP contribution < -0.4 is 4.72 Å². The van der Waals surface area contributed by atoms with Crippen LogP contribution >= 0.6 is 0 Å². The van der Waals surface area contributed by atoms with E-state index >= 15 is 0 Å². The molecule has 4 rings (SSSR count). The van der Waals surface area contributed by atoms with Gasteiger partial charge in [-0.2, -0.15) is 0 Å². The Bertz CT molecular complexity index is 1370. The summed E-state index contributed by atoms with van der Waals surface area (Å²) in [5.74, 6) is 0.170. The molecule has 1 N–H and O–H groups in total. The highest BCUT2D eigenvalue weighted by atomic mass is 32.2. The molecule has 0 unspecified atom stereocenters. The third kappa shape index (κ3) is 5.48. The van der Waals surface area contributed by atoms with Crippen molar-refractivity contribution < 1.29 is 8.42 Å². The molecule has 1 heterocycles. The van der Waals surface area contributed by atoms with Crippen LogP contribution in [0, 0.1) is 5.41 Å². The van der Waals surface area contributed by atoms with Crippen molar-refractivity contribution in [1.29, 1.82) is 0 Å². The fraction of sp³-hybridized carbons (Fsp3) is 0.357. The molecule has 174 valence electrons. The Kier molecular flexibility index (Phi) is 6.64. The second-order valence-corrected chi connectivity index (χ2v) is 12.0. The number of nitrogens with one attached hydrogen (secondary N) is 1. The van der Waals surface area contributed by atoms with Gasteiger partial charge in [-0.1, -0.05) is 76.2 Å². The quantitative estimate of drug-likeness (QED) is 0.330. The average Bonchev–Trinajstić information content (AvgIpc) is 3.08. The summed E-state index contributed by atoms with van der Waals surface area (Å²) < 4.78 is 29.1. The van der Waals surface area contributed by atoms with Gasteiger partial charge in [0.15, 0.2) is 0 Å². The SMILES string of the molecule is CCCS(=O)(=O)NCCn1cc(CC(C)(C)C)c2cc(-c3cccc4ccccc34)ccc21. The minimum absolute atomic E-state index is 0.150. The monoisotopic (exact) mass is 462 g/mol. The Hall–Kier alpha value is -2.63. The van der Waals surface area contributed by atoms with Crippen molar-refractivity contribution in [3.8, 4) is 11.1 Å². The lowest BCUT2D eigenvalue weighted by Crippen LogP contribution is -2.29. The van der Waals surface area contributed by atoms with E-state index in [9.17, 15) is 8.42 Å². The van der Waals surface area contributed by atoms with E-state index < -0.39 is 10.0 Å². The number of aromatic nitrogens is 1. The summed E-state index contributed by atoms with van der Waals surface area (Å²) in [5.41, 5.74) is 5.04. The maximum Gasteiger partial charge on any atom is 0.211 e. The molecule has 33 heavy (non-hydrogen) atoms. The average molecular weight is 463 g/mol. The Morgan fingerprint density at radius 2 is 1.70 bits per heavy atom. The number of hydrogen-bond donors (Lipinski definition) is 1. The van der Waals surface area contributed by atoms with E-state index in [2.05, 4.69) is 96.9 Å². The topological polar surface area (TPSA) is 51.1 Å². The van der Waals surface area contributed by atoms with Gasteiger partial charge in [-0.15, -0.1) is 0 Å². The van der Waals surface area contributed by atoms with E-state index in [4.69, 9.17) is 0 Å². The van der Waals surface area contributed by atoms with Crippen molar-refractivity contribution in [3.63, 3.8) is 0 Å². The zero-order chi connectivity index (χ0) is 23.6. The molecule has 0 bridgehead atoms. The lowest BCUT2D eigenvalue weighted by Gasteiger charge is -2.17. The third-order valence-electron chi connectivity index (χ3n) is 5.93. The Morgan fingerprint density at radius 3 is 2.45 bits per heavy atom. The minimum Gasteiger partial charge on any atom is -0.346 e. The maximum atomic E-state index is 12.1. The molecule has 0 aliphatic heterocycles. The molecule has 0 radical (unpaired) electrons. The van der Waals surface area contributed by atoms with Crippen LogP contribution in [-0.2, 0) is 23.0 Å². The van der Waals surface area contributed by atoms with E-state index in [0.717, 1.165) is 11.9 Å². The van der Waals surface area contributed by atoms with Gasteiger partial charge in [-0.3, -0.25) is 0 Å². The molecular formula is C28H34N2O2S. The van der Waals surface area contributed by atoms with Crippen LogP contribution in [0.1, 0.15) is 39.7 Å². The predicted octanol–water partition coefficient (Wildman–Crippen LogP) is 6.38. The van der Waals surface area contributed by atoms with Crippen LogP contribution in [-0.4, -0.2) is 25.3 Å². The highest BCUT2D eigenvalue weighted by Gasteiger charge is 2.18. The first kappa shape index (κ1) is 23.5. The fourth-order valence-electron chi connectivity index (χ4n) is 4.58. The molecule has 4 nitrogen and oxygen atoms in total. The summed E-state index contributed by atoms with van der Waals surface area (Å²) in [5, 5.41) is 3.73. The van der Waals surface area contributed by atoms with Gasteiger partial charge in [0.05, 0.1) is 5.75 Å². The van der Waals surface area contributed by atoms with Crippen molar-refractivity contribution in [2.24, 2.45) is 5.41 Å². The summed E-state index contributed by atoms with van der Waals surface area (Å²) in [6, 6.07) is 21.6. The molecule has 0 saturated heterocycles. The molecule has 0 aliphatic carbocycles. The normalized spacial score (nSPS) is 12.6.